The molecule has 0 saturated carbocycles. The molecule has 0 aliphatic heterocycles. The Morgan fingerprint density at radius 1 is 1.33 bits per heavy atom. The lowest BCUT2D eigenvalue weighted by Gasteiger charge is -2.08. The first kappa shape index (κ1) is 18.9. The van der Waals surface area contributed by atoms with Crippen molar-refractivity contribution in [3.63, 3.8) is 0 Å². The number of amides is 1. The molecule has 0 aliphatic carbocycles. The van der Waals surface area contributed by atoms with Crippen LogP contribution in [0.3, 0.4) is 0 Å². The molecule has 0 aromatic carbocycles. The van der Waals surface area contributed by atoms with E-state index in [0.717, 1.165) is 53.7 Å². The number of unbranched alkanes of at least 4 members (excludes halogenated alkanes) is 1. The molecule has 0 unspecified atom stereocenters. The molecule has 0 spiro atoms. The van der Waals surface area contributed by atoms with Crippen LogP contribution in [0.5, 0.6) is 0 Å². The van der Waals surface area contributed by atoms with Gasteiger partial charge in [-0.05, 0) is 53.7 Å². The predicted octanol–water partition coefficient (Wildman–Crippen LogP) is 3.90. The van der Waals surface area contributed by atoms with E-state index in [1.807, 2.05) is 30.5 Å². The van der Waals surface area contributed by atoms with Gasteiger partial charge in [0.15, 0.2) is 0 Å². The number of aryl methyl sites for hydroxylation is 2. The van der Waals surface area contributed by atoms with Gasteiger partial charge in [0.2, 0.25) is 0 Å². The lowest BCUT2D eigenvalue weighted by atomic mass is 10.2. The van der Waals surface area contributed by atoms with Crippen LogP contribution < -0.4 is 5.32 Å². The van der Waals surface area contributed by atoms with Gasteiger partial charge in [0.05, 0.1) is 5.69 Å². The van der Waals surface area contributed by atoms with Gasteiger partial charge in [-0.15, -0.1) is 0 Å². The molecule has 0 atom stereocenters. The zero-order valence-corrected chi connectivity index (χ0v) is 16.3. The van der Waals surface area contributed by atoms with Crippen LogP contribution in [0.4, 0.5) is 0 Å². The second kappa shape index (κ2) is 9.18. The van der Waals surface area contributed by atoms with Crippen LogP contribution in [0, 0.1) is 6.92 Å². The van der Waals surface area contributed by atoms with E-state index in [2.05, 4.69) is 33.2 Å². The molecule has 0 aliphatic rings. The highest BCUT2D eigenvalue weighted by Crippen LogP contribution is 2.21. The number of halogens is 1. The smallest absolute Gasteiger partial charge is 0.270 e. The SMILES string of the molecule is CCCCOCCCNC(=O)c1c(CC)nc2c(C)cc(Br)cn12. The number of nitrogens with zero attached hydrogens (tertiary/aromatic N) is 2. The van der Waals surface area contributed by atoms with Crippen molar-refractivity contribution in [3.8, 4) is 0 Å². The van der Waals surface area contributed by atoms with Gasteiger partial charge in [-0.25, -0.2) is 4.98 Å². The van der Waals surface area contributed by atoms with Crippen molar-refractivity contribution >= 4 is 27.5 Å². The lowest BCUT2D eigenvalue weighted by molar-refractivity contribution is 0.0933. The fraction of sp³-hybridized carbons (Fsp3) is 0.556. The van der Waals surface area contributed by atoms with Crippen molar-refractivity contribution in [1.29, 1.82) is 0 Å². The van der Waals surface area contributed by atoms with Crippen LogP contribution in [-0.2, 0) is 11.2 Å². The van der Waals surface area contributed by atoms with Crippen molar-refractivity contribution in [2.75, 3.05) is 19.8 Å². The standard InChI is InChI=1S/C18H26BrN3O2/c1-4-6-9-24-10-7-8-20-18(23)16-15(5-2)21-17-13(3)11-14(19)12-22(16)17/h11-12H,4-10H2,1-3H3,(H,20,23). The number of aromatic nitrogens is 2. The summed E-state index contributed by atoms with van der Waals surface area (Å²) in [5.41, 5.74) is 3.34. The third-order valence-electron chi connectivity index (χ3n) is 3.89. The molecule has 24 heavy (non-hydrogen) atoms. The van der Waals surface area contributed by atoms with E-state index in [0.29, 0.717) is 18.8 Å². The van der Waals surface area contributed by atoms with E-state index in [9.17, 15) is 4.79 Å². The van der Waals surface area contributed by atoms with Crippen molar-refractivity contribution in [2.24, 2.45) is 0 Å². The third-order valence-corrected chi connectivity index (χ3v) is 4.32. The molecule has 2 aromatic rings. The Morgan fingerprint density at radius 2 is 2.08 bits per heavy atom. The second-order valence-electron chi connectivity index (χ2n) is 5.87. The van der Waals surface area contributed by atoms with Crippen LogP contribution in [0.2, 0.25) is 0 Å². The first-order valence-electron chi connectivity index (χ1n) is 8.61. The lowest BCUT2D eigenvalue weighted by Crippen LogP contribution is -2.27. The van der Waals surface area contributed by atoms with Crippen LogP contribution in [0.15, 0.2) is 16.7 Å². The molecule has 2 aromatic heterocycles. The third kappa shape index (κ3) is 4.57. The summed E-state index contributed by atoms with van der Waals surface area (Å²) in [6.45, 7) is 8.25. The number of carbonyl (C=O) groups is 1. The van der Waals surface area contributed by atoms with Crippen LogP contribution in [0.1, 0.15) is 54.9 Å². The molecule has 2 heterocycles. The minimum Gasteiger partial charge on any atom is -0.381 e. The normalized spacial score (nSPS) is 11.2. The van der Waals surface area contributed by atoms with Crippen molar-refractivity contribution in [2.45, 2.75) is 46.5 Å². The summed E-state index contributed by atoms with van der Waals surface area (Å²) in [6, 6.07) is 2.01. The van der Waals surface area contributed by atoms with Gasteiger partial charge in [0.1, 0.15) is 11.3 Å². The number of imidazole rings is 1. The quantitative estimate of drug-likeness (QED) is 0.654. The monoisotopic (exact) mass is 395 g/mol. The molecule has 0 fully saturated rings. The van der Waals surface area contributed by atoms with E-state index in [4.69, 9.17) is 4.74 Å². The predicted molar refractivity (Wildman–Crippen MR) is 99.7 cm³/mol. The molecule has 1 amide bonds. The molecule has 0 saturated heterocycles. The van der Waals surface area contributed by atoms with Gasteiger partial charge in [-0.3, -0.25) is 9.20 Å². The number of carbonyl (C=O) groups excluding carboxylic acids is 1. The highest BCUT2D eigenvalue weighted by Gasteiger charge is 2.19. The maximum Gasteiger partial charge on any atom is 0.270 e. The van der Waals surface area contributed by atoms with E-state index >= 15 is 0 Å². The van der Waals surface area contributed by atoms with Crippen LogP contribution in [-0.4, -0.2) is 35.1 Å². The number of pyridine rings is 1. The number of ether oxygens (including phenoxy) is 1. The van der Waals surface area contributed by atoms with Crippen molar-refractivity contribution in [1.82, 2.24) is 14.7 Å². The number of fused-ring (bicyclic) bond motifs is 1. The average Bonchev–Trinajstić information content (AvgIpc) is 2.92. The summed E-state index contributed by atoms with van der Waals surface area (Å²) in [5, 5.41) is 2.99. The number of rotatable bonds is 9. The number of hydrogen-bond acceptors (Lipinski definition) is 3. The summed E-state index contributed by atoms with van der Waals surface area (Å²) in [7, 11) is 0. The topological polar surface area (TPSA) is 55.6 Å². The molecule has 1 N–H and O–H groups in total. The Morgan fingerprint density at radius 3 is 2.79 bits per heavy atom. The Labute approximate surface area is 151 Å². The number of nitrogens with one attached hydrogen (secondary N) is 1. The van der Waals surface area contributed by atoms with Crippen molar-refractivity contribution in [3.05, 3.63) is 33.7 Å². The molecule has 6 heteroatoms. The largest absolute Gasteiger partial charge is 0.381 e. The van der Waals surface area contributed by atoms with E-state index in [-0.39, 0.29) is 5.91 Å². The fourth-order valence-corrected chi connectivity index (χ4v) is 3.16. The highest BCUT2D eigenvalue weighted by molar-refractivity contribution is 9.10. The van der Waals surface area contributed by atoms with E-state index in [1.54, 1.807) is 0 Å². The molecule has 5 nitrogen and oxygen atoms in total. The number of hydrogen-bond donors (Lipinski definition) is 1. The van der Waals surface area contributed by atoms with Crippen molar-refractivity contribution < 1.29 is 9.53 Å². The fourth-order valence-electron chi connectivity index (χ4n) is 2.61. The summed E-state index contributed by atoms with van der Waals surface area (Å²) in [5.74, 6) is -0.0783. The zero-order chi connectivity index (χ0) is 17.5. The first-order chi connectivity index (χ1) is 11.6. The molecule has 0 bridgehead atoms. The van der Waals surface area contributed by atoms with Gasteiger partial charge in [0.25, 0.3) is 5.91 Å². The summed E-state index contributed by atoms with van der Waals surface area (Å²) < 4.78 is 8.33. The molecule has 132 valence electrons. The molecular weight excluding hydrogens is 370 g/mol. The Kier molecular flexibility index (Phi) is 7.24. The minimum atomic E-state index is -0.0783. The molecular formula is C18H26BrN3O2. The average molecular weight is 396 g/mol. The summed E-state index contributed by atoms with van der Waals surface area (Å²) >= 11 is 3.49. The van der Waals surface area contributed by atoms with E-state index in [1.165, 1.54) is 0 Å². The highest BCUT2D eigenvalue weighted by atomic mass is 79.9. The van der Waals surface area contributed by atoms with Gasteiger partial charge in [0, 0.05) is 30.4 Å². The molecule has 0 radical (unpaired) electrons. The van der Waals surface area contributed by atoms with E-state index < -0.39 is 0 Å². The van der Waals surface area contributed by atoms with Crippen LogP contribution in [0.25, 0.3) is 5.65 Å². The second-order valence-corrected chi connectivity index (χ2v) is 6.79. The minimum absolute atomic E-state index is 0.0783. The van der Waals surface area contributed by atoms with Gasteiger partial charge >= 0.3 is 0 Å². The first-order valence-corrected chi connectivity index (χ1v) is 9.40. The Hall–Kier alpha value is -1.40. The maximum atomic E-state index is 12.6. The molecule has 2 rings (SSSR count). The maximum absolute atomic E-state index is 12.6. The Bertz CT molecular complexity index is 697. The Balaban J connectivity index is 2.03. The van der Waals surface area contributed by atoms with Gasteiger partial charge in [-0.2, -0.15) is 0 Å². The summed E-state index contributed by atoms with van der Waals surface area (Å²) in [6.07, 6.45) is 5.66. The summed E-state index contributed by atoms with van der Waals surface area (Å²) in [4.78, 5) is 17.3. The zero-order valence-electron chi connectivity index (χ0n) is 14.7. The van der Waals surface area contributed by atoms with Crippen LogP contribution >= 0.6 is 15.9 Å². The van der Waals surface area contributed by atoms with Gasteiger partial charge < -0.3 is 10.1 Å². The van der Waals surface area contributed by atoms with Gasteiger partial charge in [-0.1, -0.05) is 20.3 Å².